The van der Waals surface area contributed by atoms with Crippen LogP contribution in [0.2, 0.25) is 0 Å². The van der Waals surface area contributed by atoms with Crippen molar-refractivity contribution in [3.8, 4) is 0 Å². The van der Waals surface area contributed by atoms with Crippen molar-refractivity contribution in [2.45, 2.75) is 25.5 Å². The Kier molecular flexibility index (Phi) is 3.92. The summed E-state index contributed by atoms with van der Waals surface area (Å²) in [6.07, 6.45) is 2.28. The smallest absolute Gasteiger partial charge is 0.410 e. The summed E-state index contributed by atoms with van der Waals surface area (Å²) in [5.41, 5.74) is 1.04. The van der Waals surface area contributed by atoms with Gasteiger partial charge in [0.2, 0.25) is 0 Å². The molecule has 3 rings (SSSR count). The van der Waals surface area contributed by atoms with Gasteiger partial charge in [-0.15, -0.1) is 0 Å². The zero-order valence-corrected chi connectivity index (χ0v) is 11.9. The Balaban J connectivity index is 1.54. The summed E-state index contributed by atoms with van der Waals surface area (Å²) in [5.74, 6) is 1.17. The molecule has 1 aromatic carbocycles. The van der Waals surface area contributed by atoms with Gasteiger partial charge in [-0.1, -0.05) is 30.3 Å². The molecule has 1 aliphatic carbocycles. The third-order valence-electron chi connectivity index (χ3n) is 4.63. The van der Waals surface area contributed by atoms with Gasteiger partial charge in [0.1, 0.15) is 6.61 Å². The predicted octanol–water partition coefficient (Wildman–Crippen LogP) is 2.25. The summed E-state index contributed by atoms with van der Waals surface area (Å²) < 4.78 is 5.43. The molecule has 1 N–H and O–H groups in total. The predicted molar refractivity (Wildman–Crippen MR) is 77.3 cm³/mol. The summed E-state index contributed by atoms with van der Waals surface area (Å²) >= 11 is 0. The Hall–Kier alpha value is -1.55. The maximum atomic E-state index is 12.2. The average Bonchev–Trinajstić information content (AvgIpc) is 2.74. The van der Waals surface area contributed by atoms with Crippen LogP contribution in [0.1, 0.15) is 18.4 Å². The van der Waals surface area contributed by atoms with Crippen LogP contribution in [0.5, 0.6) is 0 Å². The van der Waals surface area contributed by atoms with Crippen molar-refractivity contribution < 1.29 is 9.53 Å². The monoisotopic (exact) mass is 274 g/mol. The molecule has 2 fully saturated rings. The van der Waals surface area contributed by atoms with Crippen molar-refractivity contribution in [1.29, 1.82) is 0 Å². The number of hydrogen-bond donors (Lipinski definition) is 1. The lowest BCUT2D eigenvalue weighted by atomic mass is 9.93. The van der Waals surface area contributed by atoms with Crippen LogP contribution in [0, 0.1) is 11.8 Å². The molecule has 2 unspecified atom stereocenters. The highest BCUT2D eigenvalue weighted by Gasteiger charge is 2.42. The summed E-state index contributed by atoms with van der Waals surface area (Å²) in [5, 5.41) is 3.40. The minimum atomic E-state index is -0.166. The highest BCUT2D eigenvalue weighted by atomic mass is 16.6. The molecule has 0 spiro atoms. The SMILES string of the molecule is CNC1C2CCC1CN(C(=O)OCc1ccccc1)C2. The van der Waals surface area contributed by atoms with E-state index in [0.717, 1.165) is 18.7 Å². The number of ether oxygens (including phenoxy) is 1. The standard InChI is InChI=1S/C16H22N2O2/c1-17-15-13-7-8-14(15)10-18(9-13)16(19)20-11-12-5-3-2-4-6-12/h2-6,13-15,17H,7-11H2,1H3. The van der Waals surface area contributed by atoms with Crippen molar-refractivity contribution in [2.24, 2.45) is 11.8 Å². The number of likely N-dealkylation sites (tertiary alicyclic amines) is 1. The molecule has 1 saturated heterocycles. The molecule has 4 heteroatoms. The number of benzene rings is 1. The first-order chi connectivity index (χ1) is 9.78. The molecule has 2 bridgehead atoms. The molecule has 20 heavy (non-hydrogen) atoms. The molecule has 1 saturated carbocycles. The number of fused-ring (bicyclic) bond motifs is 2. The van der Waals surface area contributed by atoms with E-state index >= 15 is 0 Å². The van der Waals surface area contributed by atoms with Gasteiger partial charge in [-0.2, -0.15) is 0 Å². The van der Waals surface area contributed by atoms with Crippen molar-refractivity contribution in [3.05, 3.63) is 35.9 Å². The van der Waals surface area contributed by atoms with Crippen LogP contribution >= 0.6 is 0 Å². The Morgan fingerprint density at radius 1 is 1.25 bits per heavy atom. The fraction of sp³-hybridized carbons (Fsp3) is 0.562. The fourth-order valence-electron chi connectivity index (χ4n) is 3.65. The van der Waals surface area contributed by atoms with Gasteiger partial charge in [0.25, 0.3) is 0 Å². The number of piperidine rings is 1. The number of nitrogens with one attached hydrogen (secondary N) is 1. The van der Waals surface area contributed by atoms with Crippen LogP contribution in [0.25, 0.3) is 0 Å². The molecule has 2 aliphatic rings. The maximum Gasteiger partial charge on any atom is 0.410 e. The lowest BCUT2D eigenvalue weighted by molar-refractivity contribution is 0.0685. The number of nitrogens with zero attached hydrogens (tertiary/aromatic N) is 1. The molecule has 0 radical (unpaired) electrons. The van der Waals surface area contributed by atoms with E-state index in [1.54, 1.807) is 0 Å². The molecule has 4 nitrogen and oxygen atoms in total. The number of carbonyl (C=O) groups excluding carboxylic acids is 1. The van der Waals surface area contributed by atoms with Gasteiger partial charge >= 0.3 is 6.09 Å². The first kappa shape index (κ1) is 13.4. The second kappa shape index (κ2) is 5.83. The topological polar surface area (TPSA) is 41.6 Å². The van der Waals surface area contributed by atoms with E-state index in [1.807, 2.05) is 42.3 Å². The van der Waals surface area contributed by atoms with E-state index in [1.165, 1.54) is 12.8 Å². The summed E-state index contributed by atoms with van der Waals surface area (Å²) in [4.78, 5) is 14.1. The highest BCUT2D eigenvalue weighted by molar-refractivity contribution is 5.68. The largest absolute Gasteiger partial charge is 0.445 e. The van der Waals surface area contributed by atoms with Gasteiger partial charge < -0.3 is 15.0 Å². The van der Waals surface area contributed by atoms with Gasteiger partial charge in [0.05, 0.1) is 0 Å². The highest BCUT2D eigenvalue weighted by Crippen LogP contribution is 2.36. The summed E-state index contributed by atoms with van der Waals surface area (Å²) in [6, 6.07) is 10.4. The van der Waals surface area contributed by atoms with E-state index in [-0.39, 0.29) is 6.09 Å². The third-order valence-corrected chi connectivity index (χ3v) is 4.63. The summed E-state index contributed by atoms with van der Waals surface area (Å²) in [6.45, 7) is 2.02. The normalized spacial score (nSPS) is 28.4. The Bertz CT molecular complexity index is 449. The van der Waals surface area contributed by atoms with Crippen molar-refractivity contribution >= 4 is 6.09 Å². The Labute approximate surface area is 120 Å². The Morgan fingerprint density at radius 3 is 2.50 bits per heavy atom. The minimum Gasteiger partial charge on any atom is -0.445 e. The lowest BCUT2D eigenvalue weighted by Crippen LogP contribution is -2.51. The first-order valence-electron chi connectivity index (χ1n) is 7.41. The Morgan fingerprint density at radius 2 is 1.90 bits per heavy atom. The zero-order chi connectivity index (χ0) is 13.9. The molecular weight excluding hydrogens is 252 g/mol. The second-order valence-electron chi connectivity index (χ2n) is 5.86. The van der Waals surface area contributed by atoms with Crippen LogP contribution in [-0.4, -0.2) is 37.2 Å². The molecule has 1 aliphatic heterocycles. The average molecular weight is 274 g/mol. The number of amides is 1. The number of hydrogen-bond acceptors (Lipinski definition) is 3. The third kappa shape index (κ3) is 2.66. The number of rotatable bonds is 3. The second-order valence-corrected chi connectivity index (χ2v) is 5.86. The number of carbonyl (C=O) groups is 1. The van der Waals surface area contributed by atoms with Crippen LogP contribution in [-0.2, 0) is 11.3 Å². The quantitative estimate of drug-likeness (QED) is 0.919. The van der Waals surface area contributed by atoms with Crippen LogP contribution in [0.15, 0.2) is 30.3 Å². The molecule has 0 aromatic heterocycles. The van der Waals surface area contributed by atoms with E-state index in [0.29, 0.717) is 24.5 Å². The van der Waals surface area contributed by atoms with E-state index in [4.69, 9.17) is 4.74 Å². The fourth-order valence-corrected chi connectivity index (χ4v) is 3.65. The summed E-state index contributed by atoms with van der Waals surface area (Å²) in [7, 11) is 2.03. The molecule has 2 atom stereocenters. The lowest BCUT2D eigenvalue weighted by Gasteiger charge is -2.37. The van der Waals surface area contributed by atoms with Crippen molar-refractivity contribution in [2.75, 3.05) is 20.1 Å². The van der Waals surface area contributed by atoms with Gasteiger partial charge in [-0.25, -0.2) is 4.79 Å². The maximum absolute atomic E-state index is 12.2. The first-order valence-corrected chi connectivity index (χ1v) is 7.41. The van der Waals surface area contributed by atoms with Gasteiger partial charge in [0, 0.05) is 19.1 Å². The van der Waals surface area contributed by atoms with E-state index < -0.39 is 0 Å². The molecule has 1 heterocycles. The molecular formula is C16H22N2O2. The van der Waals surface area contributed by atoms with Gasteiger partial charge in [-0.05, 0) is 37.3 Å². The zero-order valence-electron chi connectivity index (χ0n) is 11.9. The van der Waals surface area contributed by atoms with Crippen molar-refractivity contribution in [3.63, 3.8) is 0 Å². The molecule has 108 valence electrons. The van der Waals surface area contributed by atoms with Crippen LogP contribution < -0.4 is 5.32 Å². The van der Waals surface area contributed by atoms with Gasteiger partial charge in [0.15, 0.2) is 0 Å². The van der Waals surface area contributed by atoms with Crippen LogP contribution in [0.4, 0.5) is 4.79 Å². The van der Waals surface area contributed by atoms with Crippen molar-refractivity contribution in [1.82, 2.24) is 10.2 Å². The van der Waals surface area contributed by atoms with E-state index in [9.17, 15) is 4.79 Å². The molecule has 1 aromatic rings. The molecule has 1 amide bonds. The van der Waals surface area contributed by atoms with Gasteiger partial charge in [-0.3, -0.25) is 0 Å². The van der Waals surface area contributed by atoms with E-state index in [2.05, 4.69) is 5.32 Å². The van der Waals surface area contributed by atoms with Crippen LogP contribution in [0.3, 0.4) is 0 Å². The minimum absolute atomic E-state index is 0.166.